The minimum Gasteiger partial charge on any atom is -0.493 e. The molecule has 0 aliphatic heterocycles. The number of hydrogen-bond acceptors (Lipinski definition) is 6. The smallest absolute Gasteiger partial charge is 0.344 e. The van der Waals surface area contributed by atoms with Crippen LogP contribution in [-0.4, -0.2) is 40.2 Å². The normalized spacial score (nSPS) is 15.4. The number of ether oxygens (including phenoxy) is 2. The lowest BCUT2D eigenvalue weighted by Gasteiger charge is -2.22. The van der Waals surface area contributed by atoms with Crippen LogP contribution in [0.1, 0.15) is 56.3 Å². The van der Waals surface area contributed by atoms with E-state index in [0.29, 0.717) is 32.5 Å². The van der Waals surface area contributed by atoms with Crippen molar-refractivity contribution in [2.75, 3.05) is 7.11 Å². The first kappa shape index (κ1) is 25.4. The van der Waals surface area contributed by atoms with Crippen molar-refractivity contribution in [1.82, 2.24) is 9.66 Å². The molecule has 4 rings (SSSR count). The lowest BCUT2D eigenvalue weighted by molar-refractivity contribution is -0.144. The molecule has 0 bridgehead atoms. The van der Waals surface area contributed by atoms with E-state index in [0.717, 1.165) is 30.2 Å². The van der Waals surface area contributed by atoms with Gasteiger partial charge in [-0.25, -0.2) is 9.78 Å². The maximum atomic E-state index is 13.5. The van der Waals surface area contributed by atoms with Crippen LogP contribution in [0.25, 0.3) is 10.9 Å². The Morgan fingerprint density at radius 3 is 2.66 bits per heavy atom. The Balaban J connectivity index is 1.78. The number of nitrogens with zero attached hydrogens (tertiary/aromatic N) is 3. The molecule has 0 spiro atoms. The maximum Gasteiger partial charge on any atom is 0.344 e. The third-order valence-corrected chi connectivity index (χ3v) is 7.10. The highest BCUT2D eigenvalue weighted by molar-refractivity contribution is 9.10. The molecule has 1 heterocycles. The number of carboxylic acid groups (broad SMARTS) is 1. The molecular weight excluding hydrogens is 582 g/mol. The van der Waals surface area contributed by atoms with Gasteiger partial charge in [0.05, 0.1) is 28.7 Å². The van der Waals surface area contributed by atoms with Crippen LogP contribution in [0.5, 0.6) is 11.5 Å². The van der Waals surface area contributed by atoms with Gasteiger partial charge in [0.1, 0.15) is 5.82 Å². The number of benzene rings is 2. The number of fused-ring (bicyclic) bond motifs is 1. The van der Waals surface area contributed by atoms with Crippen molar-refractivity contribution < 1.29 is 19.4 Å². The zero-order valence-electron chi connectivity index (χ0n) is 19.3. The molecular formula is C25H25Br2N3O5. The summed E-state index contributed by atoms with van der Waals surface area (Å²) >= 11 is 6.87. The summed E-state index contributed by atoms with van der Waals surface area (Å²) in [6, 6.07) is 8.89. The monoisotopic (exact) mass is 605 g/mol. The van der Waals surface area contributed by atoms with Gasteiger partial charge in [-0.1, -0.05) is 35.2 Å². The van der Waals surface area contributed by atoms with Gasteiger partial charge in [0.15, 0.2) is 17.6 Å². The van der Waals surface area contributed by atoms with Crippen molar-refractivity contribution >= 4 is 54.9 Å². The number of aliphatic carboxylic acids is 1. The summed E-state index contributed by atoms with van der Waals surface area (Å²) in [5.74, 6) is 0.360. The zero-order valence-corrected chi connectivity index (χ0v) is 22.5. The third-order valence-electron chi connectivity index (χ3n) is 6.02. The number of halogens is 2. The van der Waals surface area contributed by atoms with E-state index in [1.807, 2.05) is 12.1 Å². The van der Waals surface area contributed by atoms with Crippen molar-refractivity contribution in [1.29, 1.82) is 0 Å². The fraction of sp³-hybridized carbons (Fsp3) is 0.360. The third kappa shape index (κ3) is 5.59. The molecule has 35 heavy (non-hydrogen) atoms. The molecule has 8 nitrogen and oxygen atoms in total. The molecule has 0 radical (unpaired) electrons. The first-order chi connectivity index (χ1) is 16.8. The Bertz CT molecular complexity index is 1350. The largest absolute Gasteiger partial charge is 0.493 e. The van der Waals surface area contributed by atoms with Crippen LogP contribution >= 0.6 is 31.9 Å². The van der Waals surface area contributed by atoms with E-state index in [1.54, 1.807) is 24.4 Å². The van der Waals surface area contributed by atoms with Crippen LogP contribution < -0.4 is 15.0 Å². The molecule has 10 heteroatoms. The van der Waals surface area contributed by atoms with Gasteiger partial charge in [-0.05, 0) is 71.6 Å². The quantitative estimate of drug-likeness (QED) is 0.346. The Morgan fingerprint density at radius 1 is 1.23 bits per heavy atom. The highest BCUT2D eigenvalue weighted by atomic mass is 79.9. The van der Waals surface area contributed by atoms with Crippen LogP contribution in [0.15, 0.2) is 49.2 Å². The first-order valence-electron chi connectivity index (χ1n) is 11.3. The summed E-state index contributed by atoms with van der Waals surface area (Å²) in [5.41, 5.74) is 1.07. The van der Waals surface area contributed by atoms with Crippen molar-refractivity contribution in [2.45, 2.75) is 51.0 Å². The van der Waals surface area contributed by atoms with Crippen LogP contribution in [0.3, 0.4) is 0 Å². The molecule has 1 aliphatic carbocycles. The molecule has 1 aliphatic rings. The highest BCUT2D eigenvalue weighted by Gasteiger charge is 2.23. The van der Waals surface area contributed by atoms with Gasteiger partial charge >= 0.3 is 5.97 Å². The minimum atomic E-state index is -1.09. The summed E-state index contributed by atoms with van der Waals surface area (Å²) < 4.78 is 13.7. The van der Waals surface area contributed by atoms with Crippen LogP contribution in [-0.2, 0) is 4.79 Å². The average Bonchev–Trinajstić information content (AvgIpc) is 2.85. The van der Waals surface area contributed by atoms with E-state index in [4.69, 9.17) is 14.5 Å². The molecule has 0 unspecified atom stereocenters. The second-order valence-electron chi connectivity index (χ2n) is 8.46. The van der Waals surface area contributed by atoms with Crippen molar-refractivity contribution in [3.05, 3.63) is 61.0 Å². The number of carboxylic acids is 1. The predicted molar refractivity (Wildman–Crippen MR) is 141 cm³/mol. The molecule has 0 saturated heterocycles. The molecule has 1 N–H and O–H groups in total. The van der Waals surface area contributed by atoms with Gasteiger partial charge in [0, 0.05) is 10.4 Å². The highest BCUT2D eigenvalue weighted by Crippen LogP contribution is 2.37. The van der Waals surface area contributed by atoms with Crippen molar-refractivity contribution in [3.8, 4) is 11.5 Å². The van der Waals surface area contributed by atoms with Gasteiger partial charge in [0.2, 0.25) is 0 Å². The molecule has 3 aromatic rings. The Hall–Kier alpha value is -2.72. The molecule has 1 fully saturated rings. The van der Waals surface area contributed by atoms with Crippen LogP contribution in [0.2, 0.25) is 0 Å². The van der Waals surface area contributed by atoms with E-state index in [2.05, 4.69) is 37.0 Å². The Kier molecular flexibility index (Phi) is 7.91. The lowest BCUT2D eigenvalue weighted by Crippen LogP contribution is -2.25. The number of aromatic nitrogens is 2. The van der Waals surface area contributed by atoms with Crippen molar-refractivity contribution in [3.63, 3.8) is 0 Å². The van der Waals surface area contributed by atoms with Crippen molar-refractivity contribution in [2.24, 2.45) is 5.10 Å². The van der Waals surface area contributed by atoms with Gasteiger partial charge in [-0.2, -0.15) is 9.78 Å². The number of carbonyl (C=O) groups is 1. The average molecular weight is 607 g/mol. The molecule has 184 valence electrons. The van der Waals surface area contributed by atoms with Crippen LogP contribution in [0.4, 0.5) is 0 Å². The van der Waals surface area contributed by atoms with E-state index >= 15 is 0 Å². The fourth-order valence-corrected chi connectivity index (χ4v) is 5.10. The van der Waals surface area contributed by atoms with Gasteiger partial charge < -0.3 is 14.6 Å². The summed E-state index contributed by atoms with van der Waals surface area (Å²) in [6.07, 6.45) is 5.84. The molecule has 1 atom stereocenters. The maximum absolute atomic E-state index is 13.5. The number of hydrogen-bond donors (Lipinski definition) is 1. The van der Waals surface area contributed by atoms with Crippen LogP contribution in [0, 0.1) is 0 Å². The standard InChI is InChI=1S/C25H25Br2N3O5/c1-14(25(32)33)35-22-19(27)10-15(11-21(22)34-2)13-28-30-23(16-6-4-3-5-7-16)29-20-9-8-17(26)12-18(20)24(30)31/h8-14,16H,3-7H2,1-2H3,(H,32,33)/t14-/m1/s1. The Morgan fingerprint density at radius 2 is 1.97 bits per heavy atom. The second kappa shape index (κ2) is 10.9. The predicted octanol–water partition coefficient (Wildman–Crippen LogP) is 5.71. The molecule has 1 saturated carbocycles. The SMILES string of the molecule is COc1cc(C=Nn2c(C3CCCCC3)nc3ccc(Br)cc3c2=O)cc(Br)c1O[C@H](C)C(=O)O. The Labute approximate surface area is 219 Å². The van der Waals surface area contributed by atoms with E-state index in [-0.39, 0.29) is 17.2 Å². The summed E-state index contributed by atoms with van der Waals surface area (Å²) in [5, 5.41) is 14.2. The van der Waals surface area contributed by atoms with Gasteiger partial charge in [-0.3, -0.25) is 4.79 Å². The fourth-order valence-electron chi connectivity index (χ4n) is 4.18. The summed E-state index contributed by atoms with van der Waals surface area (Å²) in [6.45, 7) is 1.44. The summed E-state index contributed by atoms with van der Waals surface area (Å²) in [4.78, 5) is 29.5. The second-order valence-corrected chi connectivity index (χ2v) is 10.2. The molecule has 2 aromatic carbocycles. The van der Waals surface area contributed by atoms with E-state index in [1.165, 1.54) is 25.1 Å². The topological polar surface area (TPSA) is 103 Å². The number of rotatable bonds is 7. The number of methoxy groups -OCH3 is 1. The first-order valence-corrected chi connectivity index (χ1v) is 12.9. The zero-order chi connectivity index (χ0) is 25.1. The minimum absolute atomic E-state index is 0.163. The summed E-state index contributed by atoms with van der Waals surface area (Å²) in [7, 11) is 1.47. The van der Waals surface area contributed by atoms with E-state index < -0.39 is 12.1 Å². The molecule has 1 aromatic heterocycles. The molecule has 0 amide bonds. The van der Waals surface area contributed by atoms with Gasteiger partial charge in [0.25, 0.3) is 5.56 Å². The van der Waals surface area contributed by atoms with Gasteiger partial charge in [-0.15, -0.1) is 0 Å². The lowest BCUT2D eigenvalue weighted by atomic mass is 9.88. The van der Waals surface area contributed by atoms with E-state index in [9.17, 15) is 14.7 Å².